The lowest BCUT2D eigenvalue weighted by Gasteiger charge is -2.19. The van der Waals surface area contributed by atoms with Crippen molar-refractivity contribution in [1.29, 1.82) is 0 Å². The van der Waals surface area contributed by atoms with E-state index in [9.17, 15) is 24.3 Å². The quantitative estimate of drug-likeness (QED) is 0.121. The number of aliphatic carboxylic acids is 1. The molecule has 0 aliphatic heterocycles. The Morgan fingerprint density at radius 1 is 0.821 bits per heavy atom. The zero-order valence-corrected chi connectivity index (χ0v) is 21.8. The smallest absolute Gasteiger partial charge is 0.326 e. The lowest BCUT2D eigenvalue weighted by atomic mass is 10.0. The number of nitrogens with one attached hydrogen (secondary N) is 5. The number of rotatable bonds is 12. The van der Waals surface area contributed by atoms with Gasteiger partial charge in [-0.2, -0.15) is 12.6 Å². The molecule has 2 aromatic heterocycles. The van der Waals surface area contributed by atoms with Gasteiger partial charge in [0.1, 0.15) is 12.1 Å². The number of H-pyrrole nitrogens is 2. The number of carbonyl (C=O) groups is 4. The van der Waals surface area contributed by atoms with Crippen LogP contribution in [0.4, 0.5) is 0 Å². The molecule has 204 valence electrons. The fourth-order valence-corrected chi connectivity index (χ4v) is 4.62. The van der Waals surface area contributed by atoms with Gasteiger partial charge in [0.05, 0.1) is 12.6 Å². The van der Waals surface area contributed by atoms with Crippen LogP contribution in [0.1, 0.15) is 11.1 Å². The Labute approximate surface area is 229 Å². The Hall–Kier alpha value is -4.29. The maximum Gasteiger partial charge on any atom is 0.326 e. The lowest BCUT2D eigenvalue weighted by molar-refractivity contribution is -0.141. The Balaban J connectivity index is 1.28. The van der Waals surface area contributed by atoms with Crippen molar-refractivity contribution in [2.75, 3.05) is 12.3 Å². The van der Waals surface area contributed by atoms with Crippen LogP contribution >= 0.6 is 12.6 Å². The molecule has 0 saturated heterocycles. The molecule has 0 bridgehead atoms. The van der Waals surface area contributed by atoms with E-state index in [0.29, 0.717) is 0 Å². The van der Waals surface area contributed by atoms with Crippen LogP contribution < -0.4 is 21.7 Å². The van der Waals surface area contributed by atoms with E-state index < -0.39 is 48.4 Å². The van der Waals surface area contributed by atoms with Gasteiger partial charge in [-0.25, -0.2) is 4.79 Å². The fraction of sp³-hybridized carbons (Fsp3) is 0.259. The molecule has 2 heterocycles. The average Bonchev–Trinajstić information content (AvgIpc) is 3.54. The second-order valence-electron chi connectivity index (χ2n) is 9.15. The van der Waals surface area contributed by atoms with Gasteiger partial charge in [-0.05, 0) is 29.7 Å². The van der Waals surface area contributed by atoms with Crippen LogP contribution in [0.25, 0.3) is 21.8 Å². The number of amides is 3. The topological polar surface area (TPSA) is 182 Å². The number of fused-ring (bicyclic) bond motifs is 2. The molecule has 0 aliphatic rings. The normalized spacial score (nSPS) is 13.5. The minimum Gasteiger partial charge on any atom is -0.480 e. The number of carboxylic acid groups (broad SMARTS) is 1. The maximum absolute atomic E-state index is 12.7. The van der Waals surface area contributed by atoms with Crippen LogP contribution in [0, 0.1) is 0 Å². The number of aromatic nitrogens is 2. The molecule has 3 amide bonds. The summed E-state index contributed by atoms with van der Waals surface area (Å²) in [6.45, 7) is -0.474. The largest absolute Gasteiger partial charge is 0.480 e. The third-order valence-corrected chi connectivity index (χ3v) is 6.79. The predicted octanol–water partition coefficient (Wildman–Crippen LogP) is 0.862. The van der Waals surface area contributed by atoms with Gasteiger partial charge in [0.25, 0.3) is 0 Å². The van der Waals surface area contributed by atoms with E-state index in [-0.39, 0.29) is 18.6 Å². The molecule has 8 N–H and O–H groups in total. The van der Waals surface area contributed by atoms with Crippen molar-refractivity contribution in [3.8, 4) is 0 Å². The van der Waals surface area contributed by atoms with Gasteiger partial charge in [0, 0.05) is 46.4 Å². The SMILES string of the molecule is NC(Cc1c[nH]c2ccccc12)C(=O)NC(CS)C(=O)NCC(=O)NC(Cc1c[nH]c2ccccc12)C(=O)O. The number of carboxylic acids is 1. The third kappa shape index (κ3) is 6.78. The fourth-order valence-electron chi connectivity index (χ4n) is 4.36. The highest BCUT2D eigenvalue weighted by atomic mass is 32.1. The van der Waals surface area contributed by atoms with Crippen LogP contribution in [0.3, 0.4) is 0 Å². The molecule has 0 radical (unpaired) electrons. The lowest BCUT2D eigenvalue weighted by Crippen LogP contribution is -2.54. The number of hydrogen-bond acceptors (Lipinski definition) is 6. The number of para-hydroxylation sites is 2. The van der Waals surface area contributed by atoms with Crippen molar-refractivity contribution in [2.24, 2.45) is 5.73 Å². The number of aromatic amines is 2. The molecular weight excluding hydrogens is 520 g/mol. The molecule has 0 saturated carbocycles. The summed E-state index contributed by atoms with van der Waals surface area (Å²) in [6.07, 6.45) is 3.81. The van der Waals surface area contributed by atoms with E-state index in [1.807, 2.05) is 48.5 Å². The Morgan fingerprint density at radius 3 is 1.95 bits per heavy atom. The van der Waals surface area contributed by atoms with Gasteiger partial charge in [0.15, 0.2) is 0 Å². The van der Waals surface area contributed by atoms with Crippen molar-refractivity contribution in [2.45, 2.75) is 31.0 Å². The second kappa shape index (κ2) is 12.5. The van der Waals surface area contributed by atoms with Crippen molar-refractivity contribution < 1.29 is 24.3 Å². The molecule has 0 spiro atoms. The Bertz CT molecular complexity index is 1500. The number of nitrogens with two attached hydrogens (primary N) is 1. The van der Waals surface area contributed by atoms with E-state index in [1.165, 1.54) is 0 Å². The molecule has 0 aliphatic carbocycles. The predicted molar refractivity (Wildman–Crippen MR) is 150 cm³/mol. The molecule has 12 heteroatoms. The summed E-state index contributed by atoms with van der Waals surface area (Å²) in [7, 11) is 0. The van der Waals surface area contributed by atoms with Crippen molar-refractivity contribution >= 4 is 58.1 Å². The summed E-state index contributed by atoms with van der Waals surface area (Å²) >= 11 is 4.14. The minimum atomic E-state index is -1.20. The maximum atomic E-state index is 12.7. The van der Waals surface area contributed by atoms with Gasteiger partial charge < -0.3 is 36.8 Å². The molecule has 4 aromatic rings. The van der Waals surface area contributed by atoms with Gasteiger partial charge >= 0.3 is 5.97 Å². The van der Waals surface area contributed by atoms with E-state index in [4.69, 9.17) is 5.73 Å². The molecule has 11 nitrogen and oxygen atoms in total. The zero-order valence-electron chi connectivity index (χ0n) is 20.9. The summed E-state index contributed by atoms with van der Waals surface area (Å²) in [4.78, 5) is 55.7. The van der Waals surface area contributed by atoms with Gasteiger partial charge in [-0.1, -0.05) is 36.4 Å². The van der Waals surface area contributed by atoms with Crippen molar-refractivity contribution in [3.63, 3.8) is 0 Å². The molecule has 0 fully saturated rings. The summed E-state index contributed by atoms with van der Waals surface area (Å²) in [6, 6.07) is 11.9. The highest BCUT2D eigenvalue weighted by Gasteiger charge is 2.25. The number of benzene rings is 2. The molecule has 4 rings (SSSR count). The number of carbonyl (C=O) groups excluding carboxylic acids is 3. The van der Waals surface area contributed by atoms with Crippen LogP contribution in [-0.2, 0) is 32.0 Å². The third-order valence-electron chi connectivity index (χ3n) is 6.42. The number of hydrogen-bond donors (Lipinski definition) is 8. The van der Waals surface area contributed by atoms with Gasteiger partial charge in [-0.3, -0.25) is 14.4 Å². The molecule has 39 heavy (non-hydrogen) atoms. The number of thiol groups is 1. The first kappa shape index (κ1) is 27.7. The standard InChI is InChI=1S/C27H30N6O5S/c28-19(9-15-11-29-20-7-3-1-5-17(15)20)25(35)33-23(14-39)26(36)31-13-24(34)32-22(27(37)38)10-16-12-30-21-8-4-2-6-18(16)21/h1-8,11-12,19,22-23,29-30,39H,9-10,13-14,28H2,(H,31,36)(H,32,34)(H,33,35)(H,37,38). The van der Waals surface area contributed by atoms with Crippen LogP contribution in [0.5, 0.6) is 0 Å². The highest BCUT2D eigenvalue weighted by Crippen LogP contribution is 2.20. The van der Waals surface area contributed by atoms with E-state index in [1.54, 1.807) is 12.4 Å². The van der Waals surface area contributed by atoms with Crippen LogP contribution in [-0.4, -0.2) is 69.2 Å². The molecule has 3 atom stereocenters. The van der Waals surface area contributed by atoms with Crippen molar-refractivity contribution in [1.82, 2.24) is 25.9 Å². The van der Waals surface area contributed by atoms with Crippen molar-refractivity contribution in [3.05, 3.63) is 72.1 Å². The highest BCUT2D eigenvalue weighted by molar-refractivity contribution is 7.80. The monoisotopic (exact) mass is 550 g/mol. The van der Waals surface area contributed by atoms with Gasteiger partial charge in [-0.15, -0.1) is 0 Å². The van der Waals surface area contributed by atoms with E-state index >= 15 is 0 Å². The second-order valence-corrected chi connectivity index (χ2v) is 9.52. The molecule has 2 aromatic carbocycles. The summed E-state index contributed by atoms with van der Waals surface area (Å²) in [5.74, 6) is -3.10. The Morgan fingerprint density at radius 2 is 1.38 bits per heavy atom. The first-order valence-corrected chi connectivity index (χ1v) is 13.0. The summed E-state index contributed by atoms with van der Waals surface area (Å²) in [5.41, 5.74) is 9.49. The average molecular weight is 551 g/mol. The molecule has 3 unspecified atom stereocenters. The first-order valence-electron chi connectivity index (χ1n) is 12.3. The Kier molecular flexibility index (Phi) is 8.89. The molecular formula is C27H30N6O5S. The summed E-state index contributed by atoms with van der Waals surface area (Å²) < 4.78 is 0. The first-order chi connectivity index (χ1) is 18.8. The zero-order chi connectivity index (χ0) is 27.9. The van der Waals surface area contributed by atoms with Crippen LogP contribution in [0.15, 0.2) is 60.9 Å². The summed E-state index contributed by atoms with van der Waals surface area (Å²) in [5, 5.41) is 18.9. The van der Waals surface area contributed by atoms with Gasteiger partial charge in [0.2, 0.25) is 17.7 Å². The van der Waals surface area contributed by atoms with Crippen LogP contribution in [0.2, 0.25) is 0 Å². The van der Waals surface area contributed by atoms with E-state index in [0.717, 1.165) is 32.9 Å². The van der Waals surface area contributed by atoms with E-state index in [2.05, 4.69) is 38.5 Å². The minimum absolute atomic E-state index is 0.0304.